The second-order valence-corrected chi connectivity index (χ2v) is 35.6. The summed E-state index contributed by atoms with van der Waals surface area (Å²) >= 11 is 23.3. The number of aryl methyl sites for hydroxylation is 9. The van der Waals surface area contributed by atoms with E-state index in [1.165, 1.54) is 172 Å². The summed E-state index contributed by atoms with van der Waals surface area (Å²) in [5.74, 6) is 8.95. The molecule has 1 aliphatic rings. The molecule has 0 radical (unpaired) electrons. The maximum atomic E-state index is 12.4. The topological polar surface area (TPSA) is 9.23 Å². The summed E-state index contributed by atoms with van der Waals surface area (Å²) in [6.07, 6.45) is 24.9. The fraction of sp³-hybridized carbons (Fsp3) is 0.529. The first kappa shape index (κ1) is 103. The van der Waals surface area contributed by atoms with Gasteiger partial charge < -0.3 is 4.74 Å². The van der Waals surface area contributed by atoms with Gasteiger partial charge in [0.05, 0.1) is 22.7 Å². The number of rotatable bonds is 28. The van der Waals surface area contributed by atoms with Crippen LogP contribution in [0, 0.1) is 66.1 Å². The lowest BCUT2D eigenvalue weighted by molar-refractivity contribution is -0.137. The molecule has 8 heteroatoms. The van der Waals surface area contributed by atoms with E-state index in [4.69, 9.17) is 51.1 Å². The van der Waals surface area contributed by atoms with Crippen molar-refractivity contribution in [2.24, 2.45) is 59.2 Å². The Morgan fingerprint density at radius 1 is 0.309 bits per heavy atom. The van der Waals surface area contributed by atoms with Crippen LogP contribution in [0.2, 0.25) is 20.1 Å². The van der Waals surface area contributed by atoms with Crippen molar-refractivity contribution in [3.8, 4) is 5.75 Å². The standard InChI is InChI=1S/C12H15F3.C12H18O.C12H18.C11H14Cl2.2C11H15Cl.C11H22.2C11H16/c1-9(2)6-7-10-4-3-5-11(8-10)12(13,14)15;1-10(2)4-5-11-6-8-12(13-3)9-7-11;1-10(2)4-7-12-8-5-11(3)6-9-12;1-8(2)3-4-9-5-6-10(12)11(13)7-9;1-9(2)3-4-10-5-7-11(12)8-6-10;1-9(2)6-7-10-4-3-5-11(12)8-10;3*1-10(2)8-9-11-6-4-3-5-7-11/h3-5,8-9H,6-7H2,1-2H3;6-10H,4-5H2,1-3H3;5-6,8-10H,4,7H2,1-3H3;5-8H,3-4H2,1-2H3;5-9H,3-4H2,1-2H3;3-5,8-9H,6-7H2,1-2H3;10-11H,3-9H2,1-2H3;2*3-7,10H,8-9H2,1-2H3. The lowest BCUT2D eigenvalue weighted by atomic mass is 9.85. The van der Waals surface area contributed by atoms with E-state index in [2.05, 4.69) is 247 Å². The van der Waals surface area contributed by atoms with Crippen LogP contribution in [0.25, 0.3) is 0 Å². The predicted molar refractivity (Wildman–Crippen MR) is 484 cm³/mol. The molecular weight excluding hydrogens is 1440 g/mol. The van der Waals surface area contributed by atoms with E-state index in [1.54, 1.807) is 13.2 Å². The minimum atomic E-state index is -4.23. The fourth-order valence-electron chi connectivity index (χ4n) is 11.5. The van der Waals surface area contributed by atoms with Crippen LogP contribution in [0.4, 0.5) is 13.2 Å². The molecule has 8 aromatic carbocycles. The number of halogens is 7. The summed E-state index contributed by atoms with van der Waals surface area (Å²) in [6, 6.07) is 66.2. The Kier molecular flexibility index (Phi) is 57.7. The van der Waals surface area contributed by atoms with E-state index >= 15 is 0 Å². The summed E-state index contributed by atoms with van der Waals surface area (Å²) in [5, 5.41) is 2.96. The maximum absolute atomic E-state index is 12.4. The maximum Gasteiger partial charge on any atom is 0.416 e. The van der Waals surface area contributed by atoms with Gasteiger partial charge in [0.1, 0.15) is 5.75 Å². The van der Waals surface area contributed by atoms with Gasteiger partial charge in [-0.05, 0) is 268 Å². The fourth-order valence-corrected chi connectivity index (χ4v) is 12.1. The quantitative estimate of drug-likeness (QED) is 0.0475. The second kappa shape index (κ2) is 61.9. The molecule has 0 aromatic heterocycles. The second-order valence-electron chi connectivity index (χ2n) is 33.9. The number of ether oxygens (including phenoxy) is 1. The van der Waals surface area contributed by atoms with Crippen LogP contribution < -0.4 is 4.74 Å². The van der Waals surface area contributed by atoms with Crippen LogP contribution in [-0.2, 0) is 57.5 Å². The Labute approximate surface area is 692 Å². The molecule has 8 aromatic rings. The number of hydrogen-bond donors (Lipinski definition) is 0. The van der Waals surface area contributed by atoms with Crippen molar-refractivity contribution < 1.29 is 17.9 Å². The van der Waals surface area contributed by atoms with Crippen molar-refractivity contribution in [2.75, 3.05) is 7.11 Å². The summed E-state index contributed by atoms with van der Waals surface area (Å²) in [6.45, 7) is 42.5. The largest absolute Gasteiger partial charge is 0.497 e. The zero-order chi connectivity index (χ0) is 82.2. The van der Waals surface area contributed by atoms with Crippen molar-refractivity contribution in [2.45, 2.75) is 285 Å². The molecule has 0 unspecified atom stereocenters. The van der Waals surface area contributed by atoms with E-state index in [0.717, 1.165) is 106 Å². The van der Waals surface area contributed by atoms with Crippen LogP contribution in [0.3, 0.4) is 0 Å². The van der Waals surface area contributed by atoms with Crippen LogP contribution in [0.15, 0.2) is 200 Å². The molecule has 9 rings (SSSR count). The minimum Gasteiger partial charge on any atom is -0.497 e. The molecule has 1 saturated carbocycles. The average molecular weight is 1590 g/mol. The first-order valence-corrected chi connectivity index (χ1v) is 43.5. The third-order valence-corrected chi connectivity index (χ3v) is 20.2. The summed E-state index contributed by atoms with van der Waals surface area (Å²) < 4.78 is 42.2. The molecule has 0 N–H and O–H groups in total. The highest BCUT2D eigenvalue weighted by atomic mass is 35.5. The molecule has 0 aliphatic heterocycles. The van der Waals surface area contributed by atoms with Crippen LogP contribution >= 0.6 is 46.4 Å². The zero-order valence-corrected chi connectivity index (χ0v) is 75.2. The van der Waals surface area contributed by atoms with Gasteiger partial charge in [0, 0.05) is 10.0 Å². The zero-order valence-electron chi connectivity index (χ0n) is 72.1. The Balaban J connectivity index is 0.000000620. The van der Waals surface area contributed by atoms with Crippen molar-refractivity contribution in [3.05, 3.63) is 276 Å². The van der Waals surface area contributed by atoms with Gasteiger partial charge in [-0.15, -0.1) is 0 Å². The molecule has 0 heterocycles. The molecule has 110 heavy (non-hydrogen) atoms. The average Bonchev–Trinajstić information content (AvgIpc) is 0.852. The molecule has 0 atom stereocenters. The number of benzene rings is 8. The first-order chi connectivity index (χ1) is 52.1. The van der Waals surface area contributed by atoms with Gasteiger partial charge in [-0.3, -0.25) is 0 Å². The molecule has 1 aliphatic carbocycles. The van der Waals surface area contributed by atoms with Crippen molar-refractivity contribution >= 4 is 46.4 Å². The molecule has 1 nitrogen and oxygen atoms in total. The van der Waals surface area contributed by atoms with Gasteiger partial charge in [-0.25, -0.2) is 0 Å². The van der Waals surface area contributed by atoms with Gasteiger partial charge in [0.25, 0.3) is 0 Å². The third-order valence-electron chi connectivity index (χ3n) is 19.0. The van der Waals surface area contributed by atoms with Crippen LogP contribution in [-0.4, -0.2) is 7.11 Å². The molecule has 1 fully saturated rings. The number of alkyl halides is 3. The van der Waals surface area contributed by atoms with E-state index < -0.39 is 11.7 Å². The van der Waals surface area contributed by atoms with E-state index in [0.29, 0.717) is 22.4 Å². The molecule has 612 valence electrons. The normalized spacial score (nSPS) is 11.9. The monoisotopic (exact) mass is 1590 g/mol. The van der Waals surface area contributed by atoms with Crippen molar-refractivity contribution in [1.82, 2.24) is 0 Å². The van der Waals surface area contributed by atoms with Gasteiger partial charge in [-0.2, -0.15) is 13.2 Å². The number of hydrogen-bond acceptors (Lipinski definition) is 1. The summed E-state index contributed by atoms with van der Waals surface area (Å²) in [5.41, 5.74) is 11.3. The molecule has 0 saturated heterocycles. The Bertz CT molecular complexity index is 3340. The van der Waals surface area contributed by atoms with E-state index in [1.807, 2.05) is 60.7 Å². The van der Waals surface area contributed by atoms with Gasteiger partial charge in [0.2, 0.25) is 0 Å². The third kappa shape index (κ3) is 58.4. The van der Waals surface area contributed by atoms with Gasteiger partial charge in [-0.1, -0.05) is 367 Å². The molecule has 0 bridgehead atoms. The molecular formula is C102H149Cl4F3O. The minimum absolute atomic E-state index is 0.513. The molecule has 0 spiro atoms. The van der Waals surface area contributed by atoms with Crippen molar-refractivity contribution in [1.29, 1.82) is 0 Å². The SMILES string of the molecule is CC(C)CCC1CCCCC1.CC(C)CCc1ccc(Cl)c(Cl)c1.CC(C)CCc1ccc(Cl)cc1.CC(C)CCc1cccc(C(F)(F)F)c1.CC(C)CCc1cccc(Cl)c1.CC(C)CCc1ccccc1.CC(C)CCc1ccccc1.COc1ccc(CCC(C)C)cc1.Cc1ccc(CCC(C)C)cc1. The number of methoxy groups -OCH3 is 1. The van der Waals surface area contributed by atoms with Crippen LogP contribution in [0.1, 0.15) is 277 Å². The summed E-state index contributed by atoms with van der Waals surface area (Å²) in [7, 11) is 1.70. The van der Waals surface area contributed by atoms with E-state index in [-0.39, 0.29) is 0 Å². The smallest absolute Gasteiger partial charge is 0.416 e. The first-order valence-electron chi connectivity index (χ1n) is 42.0. The highest BCUT2D eigenvalue weighted by molar-refractivity contribution is 6.42. The van der Waals surface area contributed by atoms with Gasteiger partial charge >= 0.3 is 6.18 Å². The predicted octanol–water partition coefficient (Wildman–Crippen LogP) is 34.2. The van der Waals surface area contributed by atoms with E-state index in [9.17, 15) is 13.2 Å². The van der Waals surface area contributed by atoms with Gasteiger partial charge in [0.15, 0.2) is 0 Å². The highest BCUT2D eigenvalue weighted by Gasteiger charge is 2.30. The summed E-state index contributed by atoms with van der Waals surface area (Å²) in [4.78, 5) is 0. The van der Waals surface area contributed by atoms with Crippen LogP contribution in [0.5, 0.6) is 5.75 Å². The lowest BCUT2D eigenvalue weighted by Crippen LogP contribution is -2.06. The Hall–Kier alpha value is -5.49. The Morgan fingerprint density at radius 2 is 0.618 bits per heavy atom. The highest BCUT2D eigenvalue weighted by Crippen LogP contribution is 2.31. The lowest BCUT2D eigenvalue weighted by Gasteiger charge is -2.21. The molecule has 0 amide bonds. The Morgan fingerprint density at radius 3 is 0.964 bits per heavy atom. The van der Waals surface area contributed by atoms with Crippen molar-refractivity contribution in [3.63, 3.8) is 0 Å².